The smallest absolute Gasteiger partial charge is 0.316 e. The summed E-state index contributed by atoms with van der Waals surface area (Å²) in [5, 5.41) is 5.97. The Morgan fingerprint density at radius 3 is 2.74 bits per heavy atom. The van der Waals surface area contributed by atoms with Gasteiger partial charge in [0.05, 0.1) is 12.3 Å². The summed E-state index contributed by atoms with van der Waals surface area (Å²) in [6, 6.07) is 5.43. The number of anilines is 2. The molecule has 0 fully saturated rings. The van der Waals surface area contributed by atoms with Crippen LogP contribution < -0.4 is 21.1 Å². The van der Waals surface area contributed by atoms with Gasteiger partial charge in [-0.15, -0.1) is 0 Å². The van der Waals surface area contributed by atoms with Crippen LogP contribution in [0.15, 0.2) is 18.2 Å². The Hall–Kier alpha value is -2.11. The number of hydrogen-bond donors (Lipinski definition) is 3. The summed E-state index contributed by atoms with van der Waals surface area (Å²) in [7, 11) is 3.41. The number of benzene rings is 1. The van der Waals surface area contributed by atoms with Crippen LogP contribution in [-0.2, 0) is 0 Å². The van der Waals surface area contributed by atoms with Gasteiger partial charge in [-0.2, -0.15) is 0 Å². The van der Waals surface area contributed by atoms with Gasteiger partial charge in [-0.05, 0) is 19.1 Å². The lowest BCUT2D eigenvalue weighted by Gasteiger charge is -2.13. The van der Waals surface area contributed by atoms with Crippen molar-refractivity contribution in [1.29, 1.82) is 0 Å². The molecule has 0 heterocycles. The summed E-state index contributed by atoms with van der Waals surface area (Å²) in [5.41, 5.74) is 7.32. The van der Waals surface area contributed by atoms with Gasteiger partial charge in [0.1, 0.15) is 5.75 Å². The summed E-state index contributed by atoms with van der Waals surface area (Å²) in [4.78, 5) is 12.8. The fourth-order valence-electron chi connectivity index (χ4n) is 1.46. The second-order valence-electron chi connectivity index (χ2n) is 4.24. The molecule has 4 N–H and O–H groups in total. The third-order valence-electron chi connectivity index (χ3n) is 2.45. The highest BCUT2D eigenvalue weighted by Gasteiger charge is 2.03. The standard InChI is InChI=1S/C13H22N4O2/c1-4-19-12-9-10(5-6-11(12)14)15-7-8-16-13(18)17(2)3/h5-6,9,15H,4,7-8,14H2,1-3H3,(H,16,18). The lowest BCUT2D eigenvalue weighted by atomic mass is 10.2. The molecule has 1 aromatic carbocycles. The van der Waals surface area contributed by atoms with Gasteiger partial charge in [0.25, 0.3) is 0 Å². The average Bonchev–Trinajstić information content (AvgIpc) is 2.38. The predicted octanol–water partition coefficient (Wildman–Crippen LogP) is 1.35. The Bertz CT molecular complexity index is 421. The molecule has 0 saturated heterocycles. The molecule has 1 aromatic rings. The second kappa shape index (κ2) is 7.35. The molecular weight excluding hydrogens is 244 g/mol. The van der Waals surface area contributed by atoms with E-state index in [4.69, 9.17) is 10.5 Å². The molecule has 6 nitrogen and oxygen atoms in total. The highest BCUT2D eigenvalue weighted by Crippen LogP contribution is 2.25. The van der Waals surface area contributed by atoms with E-state index in [1.165, 1.54) is 4.90 Å². The van der Waals surface area contributed by atoms with Crippen LogP contribution in [0, 0.1) is 0 Å². The van der Waals surface area contributed by atoms with Crippen molar-refractivity contribution < 1.29 is 9.53 Å². The van der Waals surface area contributed by atoms with Crippen LogP contribution in [0.1, 0.15) is 6.92 Å². The maximum atomic E-state index is 11.3. The molecule has 0 aliphatic heterocycles. The Labute approximate surface area is 113 Å². The lowest BCUT2D eigenvalue weighted by Crippen LogP contribution is -2.37. The second-order valence-corrected chi connectivity index (χ2v) is 4.24. The highest BCUT2D eigenvalue weighted by atomic mass is 16.5. The number of urea groups is 1. The van der Waals surface area contributed by atoms with Gasteiger partial charge in [0, 0.05) is 38.9 Å². The van der Waals surface area contributed by atoms with Crippen LogP contribution in [0.2, 0.25) is 0 Å². The van der Waals surface area contributed by atoms with Crippen LogP contribution in [0.4, 0.5) is 16.2 Å². The molecule has 0 aromatic heterocycles. The molecule has 0 saturated carbocycles. The first kappa shape index (κ1) is 14.9. The molecule has 6 heteroatoms. The topological polar surface area (TPSA) is 79.6 Å². The van der Waals surface area contributed by atoms with Crippen LogP contribution in [-0.4, -0.2) is 44.7 Å². The quantitative estimate of drug-likeness (QED) is 0.536. The molecule has 0 aliphatic rings. The first-order chi connectivity index (χ1) is 9.04. The number of nitrogens with zero attached hydrogens (tertiary/aromatic N) is 1. The zero-order valence-electron chi connectivity index (χ0n) is 11.7. The van der Waals surface area contributed by atoms with E-state index in [1.54, 1.807) is 20.2 Å². The molecular formula is C13H22N4O2. The Morgan fingerprint density at radius 2 is 2.11 bits per heavy atom. The van der Waals surface area contributed by atoms with Gasteiger partial charge >= 0.3 is 6.03 Å². The predicted molar refractivity (Wildman–Crippen MR) is 77.6 cm³/mol. The van der Waals surface area contributed by atoms with Gasteiger partial charge in [-0.3, -0.25) is 0 Å². The Kier molecular flexibility index (Phi) is 5.78. The first-order valence-electron chi connectivity index (χ1n) is 6.26. The normalized spacial score (nSPS) is 9.84. The van der Waals surface area contributed by atoms with Gasteiger partial charge in [-0.1, -0.05) is 0 Å². The van der Waals surface area contributed by atoms with E-state index in [0.717, 1.165) is 5.69 Å². The number of ether oxygens (including phenoxy) is 1. The van der Waals surface area contributed by atoms with Crippen molar-refractivity contribution >= 4 is 17.4 Å². The molecule has 19 heavy (non-hydrogen) atoms. The molecule has 0 unspecified atom stereocenters. The van der Waals surface area contributed by atoms with Gasteiger partial charge in [0.2, 0.25) is 0 Å². The molecule has 0 aliphatic carbocycles. The van der Waals surface area contributed by atoms with E-state index in [9.17, 15) is 4.79 Å². The van der Waals surface area contributed by atoms with Crippen molar-refractivity contribution in [2.75, 3.05) is 44.8 Å². The fourth-order valence-corrected chi connectivity index (χ4v) is 1.46. The largest absolute Gasteiger partial charge is 0.492 e. The Morgan fingerprint density at radius 1 is 1.37 bits per heavy atom. The number of nitrogen functional groups attached to an aromatic ring is 1. The van der Waals surface area contributed by atoms with Crippen molar-refractivity contribution in [1.82, 2.24) is 10.2 Å². The zero-order chi connectivity index (χ0) is 14.3. The highest BCUT2D eigenvalue weighted by molar-refractivity contribution is 5.73. The van der Waals surface area contributed by atoms with Crippen molar-refractivity contribution in [3.8, 4) is 5.75 Å². The molecule has 0 bridgehead atoms. The van der Waals surface area contributed by atoms with Crippen LogP contribution >= 0.6 is 0 Å². The summed E-state index contributed by atoms with van der Waals surface area (Å²) in [5.74, 6) is 0.671. The minimum absolute atomic E-state index is 0.103. The number of hydrogen-bond acceptors (Lipinski definition) is 4. The third kappa shape index (κ3) is 4.95. The molecule has 0 radical (unpaired) electrons. The van der Waals surface area contributed by atoms with Crippen molar-refractivity contribution in [3.05, 3.63) is 18.2 Å². The lowest BCUT2D eigenvalue weighted by molar-refractivity contribution is 0.218. The van der Waals surface area contributed by atoms with Crippen LogP contribution in [0.5, 0.6) is 5.75 Å². The SMILES string of the molecule is CCOc1cc(NCCNC(=O)N(C)C)ccc1N. The van der Waals surface area contributed by atoms with Gasteiger partial charge < -0.3 is 26.0 Å². The maximum absolute atomic E-state index is 11.3. The molecule has 106 valence electrons. The average molecular weight is 266 g/mol. The number of carbonyl (C=O) groups excluding carboxylic acids is 1. The summed E-state index contributed by atoms with van der Waals surface area (Å²) in [6.07, 6.45) is 0. The van der Waals surface area contributed by atoms with Gasteiger partial charge in [0.15, 0.2) is 0 Å². The molecule has 0 atom stereocenters. The minimum atomic E-state index is -0.103. The van der Waals surface area contributed by atoms with E-state index < -0.39 is 0 Å². The van der Waals surface area contributed by atoms with E-state index >= 15 is 0 Å². The van der Waals surface area contributed by atoms with Crippen molar-refractivity contribution in [2.45, 2.75) is 6.92 Å². The first-order valence-corrected chi connectivity index (χ1v) is 6.26. The van der Waals surface area contributed by atoms with Crippen LogP contribution in [0.25, 0.3) is 0 Å². The minimum Gasteiger partial charge on any atom is -0.492 e. The van der Waals surface area contributed by atoms with Crippen LogP contribution in [0.3, 0.4) is 0 Å². The van der Waals surface area contributed by atoms with Crippen molar-refractivity contribution in [3.63, 3.8) is 0 Å². The number of amides is 2. The summed E-state index contributed by atoms with van der Waals surface area (Å²) in [6.45, 7) is 3.67. The number of nitrogens with one attached hydrogen (secondary N) is 2. The van der Waals surface area contributed by atoms with E-state index in [1.807, 2.05) is 19.1 Å². The third-order valence-corrected chi connectivity index (χ3v) is 2.45. The number of rotatable bonds is 6. The molecule has 1 rings (SSSR count). The summed E-state index contributed by atoms with van der Waals surface area (Å²) >= 11 is 0. The zero-order valence-corrected chi connectivity index (χ0v) is 11.7. The van der Waals surface area contributed by atoms with E-state index in [0.29, 0.717) is 31.1 Å². The fraction of sp³-hybridized carbons (Fsp3) is 0.462. The Balaban J connectivity index is 2.41. The van der Waals surface area contributed by atoms with E-state index in [-0.39, 0.29) is 6.03 Å². The van der Waals surface area contributed by atoms with E-state index in [2.05, 4.69) is 10.6 Å². The molecule has 2 amide bonds. The maximum Gasteiger partial charge on any atom is 0.316 e. The number of carbonyl (C=O) groups is 1. The molecule has 0 spiro atoms. The number of nitrogens with two attached hydrogens (primary N) is 1. The monoisotopic (exact) mass is 266 g/mol. The van der Waals surface area contributed by atoms with Gasteiger partial charge in [-0.25, -0.2) is 4.79 Å². The summed E-state index contributed by atoms with van der Waals surface area (Å²) < 4.78 is 5.41. The van der Waals surface area contributed by atoms with Crippen molar-refractivity contribution in [2.24, 2.45) is 0 Å².